The molecule has 0 N–H and O–H groups in total. The van der Waals surface area contributed by atoms with Gasteiger partial charge in [0.15, 0.2) is 9.84 Å². The van der Waals surface area contributed by atoms with Gasteiger partial charge in [0.05, 0.1) is 16.4 Å². The molecule has 1 saturated heterocycles. The third-order valence-corrected chi connectivity index (χ3v) is 7.05. The van der Waals surface area contributed by atoms with Crippen molar-refractivity contribution in [1.29, 1.82) is 0 Å². The maximum Gasteiger partial charge on any atom is 0.264 e. The largest absolute Gasteiger partial charge is 0.330 e. The second-order valence-electron chi connectivity index (χ2n) is 5.95. The number of hydrogen-bond acceptors (Lipinski definition) is 4. The first-order valence-electron chi connectivity index (χ1n) is 7.88. The molecule has 4 nitrogen and oxygen atoms in total. The average molecular weight is 379 g/mol. The number of benzene rings is 1. The summed E-state index contributed by atoms with van der Waals surface area (Å²) in [6.45, 7) is 3.94. The Morgan fingerprint density at radius 1 is 1.32 bits per heavy atom. The summed E-state index contributed by atoms with van der Waals surface area (Å²) in [6, 6.07) is 9.44. The van der Waals surface area contributed by atoms with E-state index in [0.29, 0.717) is 21.7 Å². The van der Waals surface area contributed by atoms with Gasteiger partial charge >= 0.3 is 0 Å². The normalized spacial score (nSPS) is 18.8. The van der Waals surface area contributed by atoms with Crippen LogP contribution >= 0.6 is 11.3 Å². The van der Waals surface area contributed by atoms with Gasteiger partial charge in [-0.25, -0.2) is 12.8 Å². The maximum absolute atomic E-state index is 13.9. The summed E-state index contributed by atoms with van der Waals surface area (Å²) in [5, 5.41) is 0. The van der Waals surface area contributed by atoms with Gasteiger partial charge in [0, 0.05) is 23.0 Å². The predicted octanol–water partition coefficient (Wildman–Crippen LogP) is 3.37. The molecule has 132 valence electrons. The zero-order valence-electron chi connectivity index (χ0n) is 13.5. The number of hydrogen-bond donors (Lipinski definition) is 0. The van der Waals surface area contributed by atoms with Crippen molar-refractivity contribution in [3.8, 4) is 10.4 Å². The highest BCUT2D eigenvalue weighted by Crippen LogP contribution is 2.31. The molecule has 2 heterocycles. The Morgan fingerprint density at radius 2 is 2.08 bits per heavy atom. The number of halogens is 1. The summed E-state index contributed by atoms with van der Waals surface area (Å²) in [5.74, 6) is -0.496. The van der Waals surface area contributed by atoms with Crippen LogP contribution in [0.1, 0.15) is 16.1 Å². The summed E-state index contributed by atoms with van der Waals surface area (Å²) in [7, 11) is -3.09. The van der Waals surface area contributed by atoms with E-state index in [2.05, 4.69) is 6.58 Å². The molecule has 3 rings (SSSR count). The molecule has 0 saturated carbocycles. The molecule has 1 unspecified atom stereocenters. The molecule has 1 fully saturated rings. The van der Waals surface area contributed by atoms with Crippen LogP contribution in [0.15, 0.2) is 49.1 Å². The Morgan fingerprint density at radius 3 is 2.72 bits per heavy atom. The van der Waals surface area contributed by atoms with Crippen LogP contribution in [-0.4, -0.2) is 43.3 Å². The second-order valence-corrected chi connectivity index (χ2v) is 9.26. The number of amides is 1. The van der Waals surface area contributed by atoms with E-state index in [1.54, 1.807) is 41.3 Å². The van der Waals surface area contributed by atoms with E-state index in [4.69, 9.17) is 0 Å². The minimum atomic E-state index is -3.09. The van der Waals surface area contributed by atoms with Gasteiger partial charge in [-0.15, -0.1) is 17.9 Å². The average Bonchev–Trinajstić information content (AvgIpc) is 3.19. The van der Waals surface area contributed by atoms with E-state index >= 15 is 0 Å². The number of nitrogens with zero attached hydrogens (tertiary/aromatic N) is 1. The fraction of sp³-hybridized carbons (Fsp3) is 0.278. The van der Waals surface area contributed by atoms with E-state index in [9.17, 15) is 17.6 Å². The smallest absolute Gasteiger partial charge is 0.264 e. The maximum atomic E-state index is 13.9. The Labute approximate surface area is 150 Å². The summed E-state index contributed by atoms with van der Waals surface area (Å²) < 4.78 is 37.4. The van der Waals surface area contributed by atoms with Crippen molar-refractivity contribution in [2.24, 2.45) is 0 Å². The van der Waals surface area contributed by atoms with Crippen LogP contribution < -0.4 is 0 Å². The van der Waals surface area contributed by atoms with Crippen LogP contribution in [-0.2, 0) is 9.84 Å². The van der Waals surface area contributed by atoms with E-state index < -0.39 is 9.84 Å². The third-order valence-electron chi connectivity index (χ3n) is 4.19. The SMILES string of the molecule is C=CCN(C(=O)c1ccc(-c2ccccc2F)s1)C1CCS(=O)(=O)C1. The van der Waals surface area contributed by atoms with Crippen molar-refractivity contribution in [1.82, 2.24) is 4.90 Å². The van der Waals surface area contributed by atoms with Crippen LogP contribution in [0, 0.1) is 5.82 Å². The second kappa shape index (κ2) is 7.09. The zero-order valence-corrected chi connectivity index (χ0v) is 15.2. The summed E-state index contributed by atoms with van der Waals surface area (Å²) in [4.78, 5) is 15.5. The molecule has 0 bridgehead atoms. The van der Waals surface area contributed by atoms with Gasteiger partial charge in [-0.3, -0.25) is 4.79 Å². The molecular formula is C18H18FNO3S2. The molecule has 1 aliphatic heterocycles. The number of carbonyl (C=O) groups is 1. The standard InChI is InChI=1S/C18H18FNO3S2/c1-2-10-20(13-9-11-25(22,23)12-13)18(21)17-8-7-16(24-17)14-5-3-4-6-15(14)19/h2-8,13H,1,9-12H2. The third kappa shape index (κ3) is 3.82. The molecule has 0 radical (unpaired) electrons. The van der Waals surface area contributed by atoms with Crippen LogP contribution in [0.5, 0.6) is 0 Å². The highest BCUT2D eigenvalue weighted by molar-refractivity contribution is 7.91. The molecular weight excluding hydrogens is 361 g/mol. The monoisotopic (exact) mass is 379 g/mol. The van der Waals surface area contributed by atoms with Gasteiger partial charge in [0.25, 0.3) is 5.91 Å². The molecule has 1 aliphatic rings. The highest BCUT2D eigenvalue weighted by atomic mass is 32.2. The van der Waals surface area contributed by atoms with Gasteiger partial charge in [-0.1, -0.05) is 24.3 Å². The Bertz CT molecular complexity index is 905. The zero-order chi connectivity index (χ0) is 18.0. The van der Waals surface area contributed by atoms with Crippen LogP contribution in [0.25, 0.3) is 10.4 Å². The molecule has 0 spiro atoms. The van der Waals surface area contributed by atoms with Crippen molar-refractivity contribution in [3.63, 3.8) is 0 Å². The van der Waals surface area contributed by atoms with Gasteiger partial charge < -0.3 is 4.90 Å². The first-order chi connectivity index (χ1) is 11.9. The molecule has 1 amide bonds. The molecule has 0 aliphatic carbocycles. The van der Waals surface area contributed by atoms with E-state index in [-0.39, 0.29) is 35.8 Å². The van der Waals surface area contributed by atoms with Crippen molar-refractivity contribution < 1.29 is 17.6 Å². The number of sulfone groups is 1. The minimum Gasteiger partial charge on any atom is -0.330 e. The highest BCUT2D eigenvalue weighted by Gasteiger charge is 2.34. The van der Waals surface area contributed by atoms with Crippen molar-refractivity contribution in [2.75, 3.05) is 18.1 Å². The lowest BCUT2D eigenvalue weighted by molar-refractivity contribution is 0.0725. The van der Waals surface area contributed by atoms with E-state index in [1.807, 2.05) is 0 Å². The molecule has 1 atom stereocenters. The van der Waals surface area contributed by atoms with Gasteiger partial charge in [0.2, 0.25) is 0 Å². The van der Waals surface area contributed by atoms with E-state index in [1.165, 1.54) is 17.4 Å². The number of rotatable bonds is 5. The Kier molecular flexibility index (Phi) is 5.06. The minimum absolute atomic E-state index is 0.0157. The Balaban J connectivity index is 1.86. The Hall–Kier alpha value is -1.99. The predicted molar refractivity (Wildman–Crippen MR) is 98.0 cm³/mol. The lowest BCUT2D eigenvalue weighted by atomic mass is 10.2. The molecule has 1 aromatic carbocycles. The molecule has 1 aromatic heterocycles. The molecule has 25 heavy (non-hydrogen) atoms. The summed E-state index contributed by atoms with van der Waals surface area (Å²) in [5.41, 5.74) is 0.449. The van der Waals surface area contributed by atoms with Gasteiger partial charge in [-0.2, -0.15) is 0 Å². The number of carbonyl (C=O) groups excluding carboxylic acids is 1. The summed E-state index contributed by atoms with van der Waals surface area (Å²) >= 11 is 1.21. The van der Waals surface area contributed by atoms with Crippen molar-refractivity contribution >= 4 is 27.1 Å². The fourth-order valence-electron chi connectivity index (χ4n) is 2.96. The van der Waals surface area contributed by atoms with Crippen molar-refractivity contribution in [3.05, 3.63) is 59.7 Å². The molecule has 7 heteroatoms. The van der Waals surface area contributed by atoms with Crippen LogP contribution in [0.2, 0.25) is 0 Å². The lowest BCUT2D eigenvalue weighted by Gasteiger charge is -2.26. The van der Waals surface area contributed by atoms with Crippen LogP contribution in [0.3, 0.4) is 0 Å². The quantitative estimate of drug-likeness (QED) is 0.749. The van der Waals surface area contributed by atoms with Crippen LogP contribution in [0.4, 0.5) is 4.39 Å². The van der Waals surface area contributed by atoms with Crippen molar-refractivity contribution in [2.45, 2.75) is 12.5 Å². The first-order valence-corrected chi connectivity index (χ1v) is 10.5. The first kappa shape index (κ1) is 17.8. The van der Waals surface area contributed by atoms with Gasteiger partial charge in [-0.05, 0) is 24.6 Å². The molecule has 2 aromatic rings. The van der Waals surface area contributed by atoms with E-state index in [0.717, 1.165) is 0 Å². The van der Waals surface area contributed by atoms with Gasteiger partial charge in [0.1, 0.15) is 5.82 Å². The summed E-state index contributed by atoms with van der Waals surface area (Å²) in [6.07, 6.45) is 2.03. The topological polar surface area (TPSA) is 54.5 Å². The fourth-order valence-corrected chi connectivity index (χ4v) is 5.68. The number of thiophene rings is 1. The lowest BCUT2D eigenvalue weighted by Crippen LogP contribution is -2.40.